The molecule has 0 saturated heterocycles. The highest BCUT2D eigenvalue weighted by atomic mass is 16.6. The molecule has 2 amide bonds. The zero-order valence-electron chi connectivity index (χ0n) is 20.0. The molecule has 0 spiro atoms. The smallest absolute Gasteiger partial charge is 0.407 e. The first-order valence-electron chi connectivity index (χ1n) is 10.8. The summed E-state index contributed by atoms with van der Waals surface area (Å²) in [7, 11) is 3.67. The van der Waals surface area contributed by atoms with Gasteiger partial charge < -0.3 is 25.6 Å². The lowest BCUT2D eigenvalue weighted by atomic mass is 10.0. The Morgan fingerprint density at radius 2 is 1.71 bits per heavy atom. The molecule has 31 heavy (non-hydrogen) atoms. The molecule has 174 valence electrons. The molecular weight excluding hydrogens is 394 g/mol. The van der Waals surface area contributed by atoms with E-state index < -0.39 is 11.7 Å². The average molecular weight is 434 g/mol. The maximum atomic E-state index is 12.1. The summed E-state index contributed by atoms with van der Waals surface area (Å²) in [6.07, 6.45) is 0.351. The van der Waals surface area contributed by atoms with Crippen LogP contribution in [0, 0.1) is 5.92 Å². The van der Waals surface area contributed by atoms with Gasteiger partial charge in [0.2, 0.25) is 0 Å². The van der Waals surface area contributed by atoms with E-state index in [9.17, 15) is 9.59 Å². The van der Waals surface area contributed by atoms with E-state index in [1.165, 1.54) is 0 Å². The molecule has 1 aromatic carbocycles. The van der Waals surface area contributed by atoms with Crippen LogP contribution in [-0.2, 0) is 4.74 Å². The second-order valence-electron chi connectivity index (χ2n) is 8.80. The van der Waals surface area contributed by atoms with Gasteiger partial charge in [-0.25, -0.2) is 4.79 Å². The molecule has 1 unspecified atom stereocenters. The summed E-state index contributed by atoms with van der Waals surface area (Å²) < 4.78 is 5.38. The minimum absolute atomic E-state index is 0.0134. The van der Waals surface area contributed by atoms with Crippen molar-refractivity contribution in [2.24, 2.45) is 10.9 Å². The topological polar surface area (TPSA) is 95.1 Å². The summed E-state index contributed by atoms with van der Waals surface area (Å²) in [5.41, 5.74) is 0.116. The first kappa shape index (κ1) is 26.3. The van der Waals surface area contributed by atoms with Crippen molar-refractivity contribution in [3.05, 3.63) is 35.9 Å². The lowest BCUT2D eigenvalue weighted by Gasteiger charge is -2.28. The standard InChI is InChI=1S/C23H39N5O3/c1-17(2)19(27-22(30)31-23(3,4)5)13-16-28(7)21(24-6)26-15-14-25-20(29)18-11-9-8-10-12-18/h8-12,17,19H,13-16H2,1-7H3,(H,24,26)(H,25,29)(H,27,30). The Hall–Kier alpha value is -2.77. The highest BCUT2D eigenvalue weighted by Gasteiger charge is 2.22. The van der Waals surface area contributed by atoms with Crippen molar-refractivity contribution < 1.29 is 14.3 Å². The van der Waals surface area contributed by atoms with Crippen molar-refractivity contribution in [1.29, 1.82) is 0 Å². The van der Waals surface area contributed by atoms with Crippen LogP contribution in [0.1, 0.15) is 51.4 Å². The van der Waals surface area contributed by atoms with E-state index in [2.05, 4.69) is 34.8 Å². The molecule has 1 aromatic rings. The molecule has 0 saturated carbocycles. The minimum atomic E-state index is -0.524. The number of alkyl carbamates (subject to hydrolysis) is 1. The monoisotopic (exact) mass is 433 g/mol. The van der Waals surface area contributed by atoms with E-state index >= 15 is 0 Å². The summed E-state index contributed by atoms with van der Waals surface area (Å²) in [5.74, 6) is 0.900. The van der Waals surface area contributed by atoms with Gasteiger partial charge in [-0.1, -0.05) is 32.0 Å². The van der Waals surface area contributed by atoms with Gasteiger partial charge in [-0.05, 0) is 45.2 Å². The van der Waals surface area contributed by atoms with Gasteiger partial charge >= 0.3 is 6.09 Å². The van der Waals surface area contributed by atoms with E-state index in [0.29, 0.717) is 25.2 Å². The molecule has 8 nitrogen and oxygen atoms in total. The van der Waals surface area contributed by atoms with Crippen molar-refractivity contribution >= 4 is 18.0 Å². The fourth-order valence-electron chi connectivity index (χ4n) is 2.90. The number of aliphatic imine (C=N–C) groups is 1. The van der Waals surface area contributed by atoms with Crippen molar-refractivity contribution in [1.82, 2.24) is 20.9 Å². The third-order valence-electron chi connectivity index (χ3n) is 4.59. The van der Waals surface area contributed by atoms with Gasteiger partial charge in [-0.2, -0.15) is 0 Å². The number of ether oxygens (including phenoxy) is 1. The van der Waals surface area contributed by atoms with Crippen LogP contribution in [0.25, 0.3) is 0 Å². The normalized spacial score (nSPS) is 12.8. The van der Waals surface area contributed by atoms with Crippen LogP contribution < -0.4 is 16.0 Å². The zero-order chi connectivity index (χ0) is 23.4. The van der Waals surface area contributed by atoms with Crippen LogP contribution in [-0.4, -0.2) is 68.2 Å². The lowest BCUT2D eigenvalue weighted by molar-refractivity contribution is 0.0485. The molecule has 0 heterocycles. The van der Waals surface area contributed by atoms with Gasteiger partial charge in [0.1, 0.15) is 5.60 Å². The molecule has 3 N–H and O–H groups in total. The number of guanidine groups is 1. The van der Waals surface area contributed by atoms with E-state index in [1.807, 2.05) is 50.9 Å². The first-order chi connectivity index (χ1) is 14.5. The van der Waals surface area contributed by atoms with Crippen LogP contribution >= 0.6 is 0 Å². The molecule has 1 atom stereocenters. The second-order valence-corrected chi connectivity index (χ2v) is 8.80. The van der Waals surface area contributed by atoms with Crippen LogP contribution in [0.2, 0.25) is 0 Å². The van der Waals surface area contributed by atoms with Crippen LogP contribution in [0.4, 0.5) is 4.79 Å². The Balaban J connectivity index is 2.43. The molecule has 0 aliphatic carbocycles. The van der Waals surface area contributed by atoms with E-state index in [1.54, 1.807) is 19.2 Å². The van der Waals surface area contributed by atoms with E-state index in [-0.39, 0.29) is 17.9 Å². The number of hydrogen-bond acceptors (Lipinski definition) is 4. The Labute approximate surface area is 186 Å². The van der Waals surface area contributed by atoms with Crippen LogP contribution in [0.5, 0.6) is 0 Å². The van der Waals surface area contributed by atoms with Gasteiger partial charge in [0.05, 0.1) is 0 Å². The average Bonchev–Trinajstić information content (AvgIpc) is 2.69. The summed E-state index contributed by atoms with van der Waals surface area (Å²) in [5, 5.41) is 9.11. The third kappa shape index (κ3) is 10.7. The van der Waals surface area contributed by atoms with Crippen LogP contribution in [0.15, 0.2) is 35.3 Å². The van der Waals surface area contributed by atoms with E-state index in [4.69, 9.17) is 4.74 Å². The Kier molecular flexibility index (Phi) is 10.9. The summed E-state index contributed by atoms with van der Waals surface area (Å²) in [4.78, 5) is 30.5. The predicted molar refractivity (Wildman–Crippen MR) is 125 cm³/mol. The highest BCUT2D eigenvalue weighted by molar-refractivity contribution is 5.94. The first-order valence-corrected chi connectivity index (χ1v) is 10.8. The summed E-state index contributed by atoms with van der Waals surface area (Å²) in [6.45, 7) is 11.4. The molecular formula is C23H39N5O3. The minimum Gasteiger partial charge on any atom is -0.444 e. The van der Waals surface area contributed by atoms with Crippen molar-refractivity contribution in [3.8, 4) is 0 Å². The molecule has 0 aliphatic heterocycles. The van der Waals surface area contributed by atoms with Crippen molar-refractivity contribution in [3.63, 3.8) is 0 Å². The van der Waals surface area contributed by atoms with Gasteiger partial charge in [-0.15, -0.1) is 0 Å². The largest absolute Gasteiger partial charge is 0.444 e. The van der Waals surface area contributed by atoms with Gasteiger partial charge in [0, 0.05) is 45.3 Å². The summed E-state index contributed by atoms with van der Waals surface area (Å²) in [6, 6.07) is 9.11. The lowest BCUT2D eigenvalue weighted by Crippen LogP contribution is -2.46. The number of carbonyl (C=O) groups excluding carboxylic acids is 2. The SMILES string of the molecule is CN=C(NCCNC(=O)c1ccccc1)N(C)CCC(NC(=O)OC(C)(C)C)C(C)C. The number of hydrogen-bond donors (Lipinski definition) is 3. The number of rotatable bonds is 9. The Morgan fingerprint density at radius 1 is 1.10 bits per heavy atom. The van der Waals surface area contributed by atoms with Gasteiger partial charge in [-0.3, -0.25) is 9.79 Å². The molecule has 0 bridgehead atoms. The van der Waals surface area contributed by atoms with E-state index in [0.717, 1.165) is 12.4 Å². The maximum absolute atomic E-state index is 12.1. The van der Waals surface area contributed by atoms with Gasteiger partial charge in [0.25, 0.3) is 5.91 Å². The Bertz CT molecular complexity index is 714. The van der Waals surface area contributed by atoms with Crippen LogP contribution in [0.3, 0.4) is 0 Å². The quantitative estimate of drug-likeness (QED) is 0.316. The molecule has 8 heteroatoms. The van der Waals surface area contributed by atoms with Gasteiger partial charge in [0.15, 0.2) is 5.96 Å². The molecule has 1 rings (SSSR count). The Morgan fingerprint density at radius 3 is 2.26 bits per heavy atom. The number of nitrogens with zero attached hydrogens (tertiary/aromatic N) is 2. The number of nitrogens with one attached hydrogen (secondary N) is 3. The fraction of sp³-hybridized carbons (Fsp3) is 0.609. The number of carbonyl (C=O) groups is 2. The molecule has 0 aliphatic rings. The third-order valence-corrected chi connectivity index (χ3v) is 4.59. The number of benzene rings is 1. The number of amides is 2. The zero-order valence-corrected chi connectivity index (χ0v) is 20.0. The van der Waals surface area contributed by atoms with Crippen molar-refractivity contribution in [2.45, 2.75) is 52.7 Å². The molecule has 0 aromatic heterocycles. The maximum Gasteiger partial charge on any atom is 0.407 e. The highest BCUT2D eigenvalue weighted by Crippen LogP contribution is 2.11. The predicted octanol–water partition coefficient (Wildman–Crippen LogP) is 2.86. The molecule has 0 radical (unpaired) electrons. The summed E-state index contributed by atoms with van der Waals surface area (Å²) >= 11 is 0. The fourth-order valence-corrected chi connectivity index (χ4v) is 2.90. The second kappa shape index (κ2) is 12.8. The molecule has 0 fully saturated rings. The van der Waals surface area contributed by atoms with Crippen molar-refractivity contribution in [2.75, 3.05) is 33.7 Å².